The van der Waals surface area contributed by atoms with E-state index in [0.29, 0.717) is 31.5 Å². The molecule has 3 rings (SSSR count). The van der Waals surface area contributed by atoms with Crippen molar-refractivity contribution in [2.24, 2.45) is 5.41 Å². The summed E-state index contributed by atoms with van der Waals surface area (Å²) in [5.41, 5.74) is 0.878. The van der Waals surface area contributed by atoms with Gasteiger partial charge in [0.2, 0.25) is 5.91 Å². The molecule has 0 radical (unpaired) electrons. The number of hydrogen-bond donors (Lipinski definition) is 1. The molecule has 0 saturated carbocycles. The first-order valence-electron chi connectivity index (χ1n) is 6.92. The van der Waals surface area contributed by atoms with Gasteiger partial charge in [0, 0.05) is 12.1 Å². The molecule has 2 aliphatic rings. The van der Waals surface area contributed by atoms with Crippen molar-refractivity contribution in [3.63, 3.8) is 0 Å². The number of likely N-dealkylation sites (tertiary alicyclic amines) is 1. The predicted molar refractivity (Wildman–Crippen MR) is 73.6 cm³/mol. The van der Waals surface area contributed by atoms with E-state index in [1.165, 1.54) is 0 Å². The summed E-state index contributed by atoms with van der Waals surface area (Å²) >= 11 is 0. The standard InChI is InChI=1S/C16H17NO3/c18-14-8-10-16(15(19)20)9-4-7-13(16)17(14)11-12-5-2-1-3-6-12/h1-3,5-7H,4,8-11H2,(H,19,20)/t16-/m1/s1. The fourth-order valence-electron chi connectivity index (χ4n) is 3.25. The highest BCUT2D eigenvalue weighted by atomic mass is 16.4. The first-order chi connectivity index (χ1) is 9.63. The molecule has 1 aliphatic carbocycles. The fraction of sp³-hybridized carbons (Fsp3) is 0.375. The van der Waals surface area contributed by atoms with Gasteiger partial charge in [-0.3, -0.25) is 9.59 Å². The van der Waals surface area contributed by atoms with Crippen LogP contribution in [0.2, 0.25) is 0 Å². The summed E-state index contributed by atoms with van der Waals surface area (Å²) in [4.78, 5) is 25.5. The number of aliphatic carboxylic acids is 1. The number of hydrogen-bond acceptors (Lipinski definition) is 2. The predicted octanol–water partition coefficient (Wildman–Crippen LogP) is 2.56. The number of rotatable bonds is 3. The maximum atomic E-state index is 12.2. The first-order valence-corrected chi connectivity index (χ1v) is 6.92. The van der Waals surface area contributed by atoms with Crippen LogP contribution in [0.15, 0.2) is 42.1 Å². The topological polar surface area (TPSA) is 57.6 Å². The molecule has 0 spiro atoms. The summed E-state index contributed by atoms with van der Waals surface area (Å²) < 4.78 is 0. The number of fused-ring (bicyclic) bond motifs is 1. The van der Waals surface area contributed by atoms with Crippen LogP contribution >= 0.6 is 0 Å². The number of carboxylic acid groups (broad SMARTS) is 1. The Kier molecular flexibility index (Phi) is 3.08. The molecule has 0 unspecified atom stereocenters. The average Bonchev–Trinajstić information content (AvgIpc) is 2.89. The lowest BCUT2D eigenvalue weighted by Crippen LogP contribution is -2.46. The summed E-state index contributed by atoms with van der Waals surface area (Å²) in [6.07, 6.45) is 4.01. The largest absolute Gasteiger partial charge is 0.481 e. The number of carbonyl (C=O) groups excluding carboxylic acids is 1. The number of carbonyl (C=O) groups is 2. The quantitative estimate of drug-likeness (QED) is 0.919. The van der Waals surface area contributed by atoms with Crippen LogP contribution in [-0.4, -0.2) is 21.9 Å². The molecule has 1 N–H and O–H groups in total. The first kappa shape index (κ1) is 12.9. The molecule has 1 saturated heterocycles. The van der Waals surface area contributed by atoms with Gasteiger partial charge >= 0.3 is 5.97 Å². The van der Waals surface area contributed by atoms with E-state index in [9.17, 15) is 14.7 Å². The highest BCUT2D eigenvalue weighted by Gasteiger charge is 2.50. The normalized spacial score (nSPS) is 25.3. The van der Waals surface area contributed by atoms with Crippen molar-refractivity contribution in [3.05, 3.63) is 47.7 Å². The Labute approximate surface area is 117 Å². The minimum Gasteiger partial charge on any atom is -0.481 e. The van der Waals surface area contributed by atoms with Crippen LogP contribution in [0, 0.1) is 5.41 Å². The Morgan fingerprint density at radius 3 is 2.70 bits per heavy atom. The van der Waals surface area contributed by atoms with Crippen LogP contribution in [0.3, 0.4) is 0 Å². The van der Waals surface area contributed by atoms with Gasteiger partial charge in [-0.2, -0.15) is 0 Å². The van der Waals surface area contributed by atoms with E-state index in [0.717, 1.165) is 12.0 Å². The maximum Gasteiger partial charge on any atom is 0.315 e. The van der Waals surface area contributed by atoms with Gasteiger partial charge in [0.1, 0.15) is 5.41 Å². The van der Waals surface area contributed by atoms with Crippen LogP contribution < -0.4 is 0 Å². The third-order valence-electron chi connectivity index (χ3n) is 4.35. The van der Waals surface area contributed by atoms with Crippen molar-refractivity contribution < 1.29 is 14.7 Å². The third kappa shape index (κ3) is 1.92. The molecule has 1 amide bonds. The Hall–Kier alpha value is -2.10. The lowest BCUT2D eigenvalue weighted by Gasteiger charge is -2.39. The van der Waals surface area contributed by atoms with Gasteiger partial charge in [0.05, 0.1) is 6.54 Å². The van der Waals surface area contributed by atoms with Crippen LogP contribution in [0.1, 0.15) is 31.2 Å². The molecule has 1 fully saturated rings. The van der Waals surface area contributed by atoms with Crippen molar-refractivity contribution in [1.29, 1.82) is 0 Å². The van der Waals surface area contributed by atoms with E-state index in [4.69, 9.17) is 0 Å². The molecular weight excluding hydrogens is 254 g/mol. The van der Waals surface area contributed by atoms with E-state index in [-0.39, 0.29) is 5.91 Å². The van der Waals surface area contributed by atoms with E-state index in [2.05, 4.69) is 0 Å². The monoisotopic (exact) mass is 271 g/mol. The molecule has 4 nitrogen and oxygen atoms in total. The Bertz CT molecular complexity index is 579. The Morgan fingerprint density at radius 1 is 1.25 bits per heavy atom. The summed E-state index contributed by atoms with van der Waals surface area (Å²) in [6, 6.07) is 9.70. The van der Waals surface area contributed by atoms with Gasteiger partial charge in [0.15, 0.2) is 0 Å². The lowest BCUT2D eigenvalue weighted by atomic mass is 9.77. The van der Waals surface area contributed by atoms with E-state index < -0.39 is 11.4 Å². The molecular formula is C16H17NO3. The van der Waals surface area contributed by atoms with E-state index in [1.54, 1.807) is 4.90 Å². The molecule has 20 heavy (non-hydrogen) atoms. The zero-order valence-electron chi connectivity index (χ0n) is 11.2. The number of benzene rings is 1. The molecule has 1 aromatic rings. The lowest BCUT2D eigenvalue weighted by molar-refractivity contribution is -0.152. The van der Waals surface area contributed by atoms with Gasteiger partial charge in [0.25, 0.3) is 0 Å². The highest BCUT2D eigenvalue weighted by Crippen LogP contribution is 2.48. The van der Waals surface area contributed by atoms with Crippen LogP contribution in [0.5, 0.6) is 0 Å². The van der Waals surface area contributed by atoms with Gasteiger partial charge in [-0.1, -0.05) is 36.4 Å². The molecule has 1 atom stereocenters. The number of amides is 1. The van der Waals surface area contributed by atoms with E-state index in [1.807, 2.05) is 36.4 Å². The summed E-state index contributed by atoms with van der Waals surface area (Å²) in [5.74, 6) is -0.773. The van der Waals surface area contributed by atoms with E-state index >= 15 is 0 Å². The minimum absolute atomic E-state index is 0.0267. The second-order valence-electron chi connectivity index (χ2n) is 5.48. The maximum absolute atomic E-state index is 12.2. The third-order valence-corrected chi connectivity index (χ3v) is 4.35. The number of allylic oxidation sites excluding steroid dienone is 1. The molecule has 104 valence electrons. The smallest absolute Gasteiger partial charge is 0.315 e. The SMILES string of the molecule is O=C1CC[C@]2(C(=O)O)CCC=C2N1Cc1ccccc1. The molecule has 0 bridgehead atoms. The number of carboxylic acids is 1. The molecule has 1 heterocycles. The number of nitrogens with zero attached hydrogens (tertiary/aromatic N) is 1. The van der Waals surface area contributed by atoms with Crippen molar-refractivity contribution in [2.75, 3.05) is 0 Å². The van der Waals surface area contributed by atoms with Gasteiger partial charge in [-0.15, -0.1) is 0 Å². The van der Waals surface area contributed by atoms with Crippen LogP contribution in [0.25, 0.3) is 0 Å². The number of piperidine rings is 1. The fourth-order valence-corrected chi connectivity index (χ4v) is 3.25. The highest BCUT2D eigenvalue weighted by molar-refractivity contribution is 5.87. The zero-order valence-corrected chi connectivity index (χ0v) is 11.2. The zero-order chi connectivity index (χ0) is 14.2. The minimum atomic E-state index is -0.845. The van der Waals surface area contributed by atoms with Gasteiger partial charge in [-0.25, -0.2) is 0 Å². The summed E-state index contributed by atoms with van der Waals surface area (Å²) in [6.45, 7) is 0.459. The second-order valence-corrected chi connectivity index (χ2v) is 5.48. The van der Waals surface area contributed by atoms with Crippen molar-refractivity contribution in [3.8, 4) is 0 Å². The van der Waals surface area contributed by atoms with Gasteiger partial charge < -0.3 is 10.0 Å². The molecule has 1 aromatic carbocycles. The van der Waals surface area contributed by atoms with Crippen molar-refractivity contribution >= 4 is 11.9 Å². The Morgan fingerprint density at radius 2 is 2.00 bits per heavy atom. The summed E-state index contributed by atoms with van der Waals surface area (Å²) in [5, 5.41) is 9.59. The average molecular weight is 271 g/mol. The van der Waals surface area contributed by atoms with Crippen LogP contribution in [0.4, 0.5) is 0 Å². The second kappa shape index (κ2) is 4.78. The molecule has 4 heteroatoms. The van der Waals surface area contributed by atoms with Crippen molar-refractivity contribution in [2.45, 2.75) is 32.2 Å². The summed E-state index contributed by atoms with van der Waals surface area (Å²) in [7, 11) is 0. The van der Waals surface area contributed by atoms with Gasteiger partial charge in [-0.05, 0) is 24.8 Å². The molecule has 1 aliphatic heterocycles. The van der Waals surface area contributed by atoms with Crippen LogP contribution in [-0.2, 0) is 16.1 Å². The Balaban J connectivity index is 1.93. The molecule has 0 aromatic heterocycles. The van der Waals surface area contributed by atoms with Crippen molar-refractivity contribution in [1.82, 2.24) is 4.90 Å².